The molecule has 0 aliphatic rings. The van der Waals surface area contributed by atoms with Crippen LogP contribution in [-0.4, -0.2) is 16.2 Å². The van der Waals surface area contributed by atoms with Gasteiger partial charge in [-0.15, -0.1) is 0 Å². The number of phenolic OH excluding ortho intramolecular Hbond substituents is 1. The summed E-state index contributed by atoms with van der Waals surface area (Å²) in [5.74, 6) is -2.56. The zero-order valence-electron chi connectivity index (χ0n) is 8.00. The van der Waals surface area contributed by atoms with Crippen LogP contribution in [0.15, 0.2) is 12.1 Å². The molecule has 0 fully saturated rings. The smallest absolute Gasteiger partial charge is 0.306 e. The van der Waals surface area contributed by atoms with E-state index in [1.54, 1.807) is 0 Å². The maximum absolute atomic E-state index is 12.9. The Morgan fingerprint density at radius 3 is 2.73 bits per heavy atom. The number of benzene rings is 1. The molecule has 0 aromatic heterocycles. The highest BCUT2D eigenvalue weighted by atomic mass is 35.5. The first-order valence-corrected chi connectivity index (χ1v) is 4.69. The first-order chi connectivity index (χ1) is 6.91. The molecule has 5 heteroatoms. The van der Waals surface area contributed by atoms with E-state index >= 15 is 0 Å². The van der Waals surface area contributed by atoms with Gasteiger partial charge >= 0.3 is 5.97 Å². The summed E-state index contributed by atoms with van der Waals surface area (Å²) in [7, 11) is 0. The van der Waals surface area contributed by atoms with Crippen LogP contribution < -0.4 is 0 Å². The van der Waals surface area contributed by atoms with Crippen LogP contribution in [-0.2, 0) is 11.2 Å². The van der Waals surface area contributed by atoms with Gasteiger partial charge in [-0.1, -0.05) is 18.5 Å². The van der Waals surface area contributed by atoms with Gasteiger partial charge in [-0.3, -0.25) is 4.79 Å². The monoisotopic (exact) mass is 232 g/mol. The van der Waals surface area contributed by atoms with Crippen LogP contribution in [0.2, 0.25) is 5.02 Å². The Morgan fingerprint density at radius 2 is 2.20 bits per heavy atom. The third-order valence-corrected chi connectivity index (χ3v) is 2.34. The number of hydrogen-bond donors (Lipinski definition) is 2. The van der Waals surface area contributed by atoms with Crippen LogP contribution in [0.3, 0.4) is 0 Å². The third kappa shape index (κ3) is 2.83. The van der Waals surface area contributed by atoms with Gasteiger partial charge in [0, 0.05) is 0 Å². The molecular formula is C10H10ClFO3. The molecule has 0 aliphatic heterocycles. The Bertz CT molecular complexity index is 392. The third-order valence-electron chi connectivity index (χ3n) is 2.05. The number of carboxylic acids is 1. The number of carbonyl (C=O) groups is 1. The van der Waals surface area contributed by atoms with E-state index in [1.807, 2.05) is 0 Å². The fraction of sp³-hybridized carbons (Fsp3) is 0.300. The number of aromatic hydroxyl groups is 1. The van der Waals surface area contributed by atoms with Crippen molar-refractivity contribution in [3.63, 3.8) is 0 Å². The molecule has 0 radical (unpaired) electrons. The predicted molar refractivity (Wildman–Crippen MR) is 53.6 cm³/mol. The van der Waals surface area contributed by atoms with E-state index < -0.39 is 17.7 Å². The maximum atomic E-state index is 12.9. The number of phenols is 1. The summed E-state index contributed by atoms with van der Waals surface area (Å²) in [4.78, 5) is 10.6. The second-order valence-electron chi connectivity index (χ2n) is 3.34. The van der Waals surface area contributed by atoms with E-state index in [-0.39, 0.29) is 22.8 Å². The van der Waals surface area contributed by atoms with Crippen molar-refractivity contribution in [3.05, 3.63) is 28.5 Å². The molecule has 0 saturated heterocycles. The standard InChI is InChI=1S/C10H10ClFO3/c1-5(10(14)15)2-6-3-7(12)4-8(11)9(6)13/h3-5,13H,2H2,1H3,(H,14,15). The predicted octanol–water partition coefficient (Wildman–Crippen LogP) is 2.45. The molecule has 3 nitrogen and oxygen atoms in total. The molecule has 82 valence electrons. The summed E-state index contributed by atoms with van der Waals surface area (Å²) in [6.07, 6.45) is 0.0403. The van der Waals surface area contributed by atoms with Crippen LogP contribution in [0.5, 0.6) is 5.75 Å². The number of carboxylic acid groups (broad SMARTS) is 1. The molecule has 2 N–H and O–H groups in total. The summed E-state index contributed by atoms with van der Waals surface area (Å²) < 4.78 is 12.9. The Hall–Kier alpha value is -1.29. The summed E-state index contributed by atoms with van der Waals surface area (Å²) in [5, 5.41) is 18.0. The van der Waals surface area contributed by atoms with Gasteiger partial charge in [0.2, 0.25) is 0 Å². The van der Waals surface area contributed by atoms with Crippen LogP contribution in [0.1, 0.15) is 12.5 Å². The number of rotatable bonds is 3. The van der Waals surface area contributed by atoms with E-state index in [2.05, 4.69) is 0 Å². The van der Waals surface area contributed by atoms with Crippen LogP contribution in [0, 0.1) is 11.7 Å². The van der Waals surface area contributed by atoms with Gasteiger partial charge in [0.05, 0.1) is 10.9 Å². The SMILES string of the molecule is CC(Cc1cc(F)cc(Cl)c1O)C(=O)O. The average Bonchev–Trinajstić information content (AvgIpc) is 2.13. The van der Waals surface area contributed by atoms with E-state index in [1.165, 1.54) is 6.92 Å². The minimum absolute atomic E-state index is 0.0403. The van der Waals surface area contributed by atoms with Crippen molar-refractivity contribution >= 4 is 17.6 Å². The molecular weight excluding hydrogens is 223 g/mol. The largest absolute Gasteiger partial charge is 0.506 e. The van der Waals surface area contributed by atoms with Gasteiger partial charge in [0.1, 0.15) is 11.6 Å². The summed E-state index contributed by atoms with van der Waals surface area (Å²) in [6.45, 7) is 1.47. The van der Waals surface area contributed by atoms with Crippen molar-refractivity contribution in [3.8, 4) is 5.75 Å². The second kappa shape index (κ2) is 4.49. The second-order valence-corrected chi connectivity index (χ2v) is 3.75. The fourth-order valence-electron chi connectivity index (χ4n) is 1.19. The molecule has 0 bridgehead atoms. The lowest BCUT2D eigenvalue weighted by Crippen LogP contribution is -2.12. The fourth-order valence-corrected chi connectivity index (χ4v) is 1.42. The summed E-state index contributed by atoms with van der Waals surface area (Å²) >= 11 is 5.54. The minimum Gasteiger partial charge on any atom is -0.506 e. The highest BCUT2D eigenvalue weighted by molar-refractivity contribution is 6.32. The molecule has 0 heterocycles. The van der Waals surface area contributed by atoms with Crippen molar-refractivity contribution in [1.82, 2.24) is 0 Å². The van der Waals surface area contributed by atoms with E-state index in [9.17, 15) is 14.3 Å². The molecule has 1 unspecified atom stereocenters. The maximum Gasteiger partial charge on any atom is 0.306 e. The molecule has 0 saturated carbocycles. The van der Waals surface area contributed by atoms with Gasteiger partial charge in [-0.2, -0.15) is 0 Å². The summed E-state index contributed by atoms with van der Waals surface area (Å²) in [6, 6.07) is 2.06. The molecule has 0 amide bonds. The lowest BCUT2D eigenvalue weighted by Gasteiger charge is -2.09. The lowest BCUT2D eigenvalue weighted by molar-refractivity contribution is -0.141. The highest BCUT2D eigenvalue weighted by Crippen LogP contribution is 2.30. The molecule has 1 aromatic rings. The number of aliphatic carboxylic acids is 1. The summed E-state index contributed by atoms with van der Waals surface area (Å²) in [5.41, 5.74) is 0.204. The molecule has 1 aromatic carbocycles. The molecule has 1 atom stereocenters. The Kier molecular flexibility index (Phi) is 3.52. The van der Waals surface area contributed by atoms with Gasteiger partial charge in [0.15, 0.2) is 0 Å². The Balaban J connectivity index is 2.99. The first kappa shape index (κ1) is 11.8. The van der Waals surface area contributed by atoms with Crippen molar-refractivity contribution in [1.29, 1.82) is 0 Å². The van der Waals surface area contributed by atoms with E-state index in [0.717, 1.165) is 12.1 Å². The Labute approximate surface area is 91.1 Å². The average molecular weight is 233 g/mol. The minimum atomic E-state index is -1.00. The van der Waals surface area contributed by atoms with Gasteiger partial charge in [0.25, 0.3) is 0 Å². The highest BCUT2D eigenvalue weighted by Gasteiger charge is 2.16. The van der Waals surface area contributed by atoms with E-state index in [0.29, 0.717) is 0 Å². The molecule has 15 heavy (non-hydrogen) atoms. The zero-order valence-corrected chi connectivity index (χ0v) is 8.75. The van der Waals surface area contributed by atoms with E-state index in [4.69, 9.17) is 16.7 Å². The Morgan fingerprint density at radius 1 is 1.60 bits per heavy atom. The first-order valence-electron chi connectivity index (χ1n) is 4.31. The van der Waals surface area contributed by atoms with Crippen molar-refractivity contribution in [2.24, 2.45) is 5.92 Å². The van der Waals surface area contributed by atoms with Gasteiger partial charge < -0.3 is 10.2 Å². The van der Waals surface area contributed by atoms with Crippen LogP contribution in [0.4, 0.5) is 4.39 Å². The lowest BCUT2D eigenvalue weighted by atomic mass is 10.0. The van der Waals surface area contributed by atoms with Gasteiger partial charge in [-0.05, 0) is 24.1 Å². The van der Waals surface area contributed by atoms with Crippen molar-refractivity contribution in [2.45, 2.75) is 13.3 Å². The number of halogens is 2. The topological polar surface area (TPSA) is 57.5 Å². The van der Waals surface area contributed by atoms with Crippen LogP contribution in [0.25, 0.3) is 0 Å². The quantitative estimate of drug-likeness (QED) is 0.842. The molecule has 0 aliphatic carbocycles. The molecule has 1 rings (SSSR count). The number of hydrogen-bond acceptors (Lipinski definition) is 2. The van der Waals surface area contributed by atoms with Crippen molar-refractivity contribution in [2.75, 3.05) is 0 Å². The normalized spacial score (nSPS) is 12.5. The van der Waals surface area contributed by atoms with Gasteiger partial charge in [-0.25, -0.2) is 4.39 Å². The zero-order chi connectivity index (χ0) is 11.6. The molecule has 0 spiro atoms. The van der Waals surface area contributed by atoms with Crippen molar-refractivity contribution < 1.29 is 19.4 Å². The van der Waals surface area contributed by atoms with Crippen LogP contribution >= 0.6 is 11.6 Å².